The van der Waals surface area contributed by atoms with Crippen molar-refractivity contribution in [1.82, 2.24) is 4.98 Å². The lowest BCUT2D eigenvalue weighted by Gasteiger charge is -1.95. The van der Waals surface area contributed by atoms with Crippen LogP contribution in [0.1, 0.15) is 5.56 Å². The Kier molecular flexibility index (Phi) is 2.62. The summed E-state index contributed by atoms with van der Waals surface area (Å²) in [5.41, 5.74) is 1.18. The molecule has 1 aromatic carbocycles. The van der Waals surface area contributed by atoms with Crippen LogP contribution in [0.25, 0.3) is 17.0 Å². The maximum atomic E-state index is 13.2. The van der Waals surface area contributed by atoms with Gasteiger partial charge in [-0.1, -0.05) is 11.6 Å². The highest BCUT2D eigenvalue weighted by Gasteiger charge is 2.07. The third-order valence-corrected chi connectivity index (χ3v) is 2.42. The Morgan fingerprint density at radius 2 is 2.25 bits per heavy atom. The van der Waals surface area contributed by atoms with Crippen LogP contribution in [0.4, 0.5) is 4.39 Å². The Bertz CT molecular complexity index is 592. The Morgan fingerprint density at radius 3 is 2.94 bits per heavy atom. The number of nitrogens with zero attached hydrogens (tertiary/aromatic N) is 1. The van der Waals surface area contributed by atoms with Crippen molar-refractivity contribution in [3.8, 4) is 0 Å². The zero-order valence-electron chi connectivity index (χ0n) is 7.91. The van der Waals surface area contributed by atoms with Gasteiger partial charge < -0.3 is 4.98 Å². The molecule has 0 aliphatic carbocycles. The van der Waals surface area contributed by atoms with E-state index in [1.165, 1.54) is 18.2 Å². The van der Waals surface area contributed by atoms with Crippen LogP contribution in [0.15, 0.2) is 24.5 Å². The van der Waals surface area contributed by atoms with Gasteiger partial charge >= 0.3 is 0 Å². The van der Waals surface area contributed by atoms with E-state index >= 15 is 0 Å². The zero-order valence-corrected chi connectivity index (χ0v) is 8.66. The molecular weight excluding hydrogens is 235 g/mol. The lowest BCUT2D eigenvalue weighted by atomic mass is 10.1. The van der Waals surface area contributed by atoms with E-state index in [0.717, 1.165) is 6.20 Å². The molecule has 0 bridgehead atoms. The second-order valence-corrected chi connectivity index (χ2v) is 3.56. The fourth-order valence-electron chi connectivity index (χ4n) is 1.42. The van der Waals surface area contributed by atoms with Crippen molar-refractivity contribution in [1.29, 1.82) is 0 Å². The number of nitro groups is 1. The van der Waals surface area contributed by atoms with Gasteiger partial charge in [0.05, 0.1) is 9.95 Å². The Hall–Kier alpha value is -1.88. The number of aromatic amines is 1. The van der Waals surface area contributed by atoms with Crippen molar-refractivity contribution in [3.05, 3.63) is 51.0 Å². The third-order valence-electron chi connectivity index (χ3n) is 2.13. The number of fused-ring (bicyclic) bond motifs is 1. The highest BCUT2D eigenvalue weighted by molar-refractivity contribution is 6.31. The predicted molar refractivity (Wildman–Crippen MR) is 59.3 cm³/mol. The molecule has 0 spiro atoms. The minimum atomic E-state index is -0.578. The zero-order chi connectivity index (χ0) is 11.7. The fraction of sp³-hybridized carbons (Fsp3) is 0. The number of rotatable bonds is 2. The van der Waals surface area contributed by atoms with Crippen molar-refractivity contribution in [2.45, 2.75) is 0 Å². The summed E-state index contributed by atoms with van der Waals surface area (Å²) in [4.78, 5) is 12.4. The fourth-order valence-corrected chi connectivity index (χ4v) is 1.58. The van der Waals surface area contributed by atoms with Crippen molar-refractivity contribution in [3.63, 3.8) is 0 Å². The summed E-state index contributed by atoms with van der Waals surface area (Å²) in [7, 11) is 0. The number of hydrogen-bond donors (Lipinski definition) is 1. The van der Waals surface area contributed by atoms with E-state index in [-0.39, 0.29) is 5.02 Å². The maximum Gasteiger partial charge on any atom is 0.235 e. The molecular formula is C10H6ClFN2O2. The summed E-state index contributed by atoms with van der Waals surface area (Å²) >= 11 is 5.60. The Morgan fingerprint density at radius 1 is 1.50 bits per heavy atom. The van der Waals surface area contributed by atoms with Gasteiger partial charge in [0.2, 0.25) is 6.20 Å². The van der Waals surface area contributed by atoms with Gasteiger partial charge in [-0.25, -0.2) is 4.39 Å². The van der Waals surface area contributed by atoms with Gasteiger partial charge in [0.25, 0.3) is 0 Å². The molecule has 0 atom stereocenters. The average molecular weight is 241 g/mol. The second-order valence-electron chi connectivity index (χ2n) is 3.16. The molecule has 0 aliphatic rings. The van der Waals surface area contributed by atoms with Crippen LogP contribution in [0.2, 0.25) is 5.02 Å². The summed E-state index contributed by atoms with van der Waals surface area (Å²) in [5, 5.41) is 10.7. The van der Waals surface area contributed by atoms with Crippen LogP contribution in [0.5, 0.6) is 0 Å². The van der Waals surface area contributed by atoms with Crippen molar-refractivity contribution in [2.75, 3.05) is 0 Å². The molecule has 0 aliphatic heterocycles. The van der Waals surface area contributed by atoms with E-state index in [4.69, 9.17) is 11.6 Å². The number of benzene rings is 1. The number of halogens is 2. The minimum Gasteiger partial charge on any atom is -0.361 e. The van der Waals surface area contributed by atoms with Gasteiger partial charge in [0, 0.05) is 28.7 Å². The summed E-state index contributed by atoms with van der Waals surface area (Å²) in [6.07, 6.45) is 3.65. The van der Waals surface area contributed by atoms with Crippen LogP contribution in [-0.4, -0.2) is 9.91 Å². The first-order chi connectivity index (χ1) is 7.58. The maximum absolute atomic E-state index is 13.2. The highest BCUT2D eigenvalue weighted by atomic mass is 35.5. The Balaban J connectivity index is 2.56. The van der Waals surface area contributed by atoms with Crippen molar-refractivity contribution >= 4 is 28.6 Å². The van der Waals surface area contributed by atoms with E-state index in [1.807, 2.05) is 0 Å². The predicted octanol–water partition coefficient (Wildman–Crippen LogP) is 3.21. The van der Waals surface area contributed by atoms with Crippen LogP contribution in [-0.2, 0) is 0 Å². The molecule has 0 saturated heterocycles. The first kappa shape index (κ1) is 10.6. The molecule has 0 fully saturated rings. The number of nitrogens with one attached hydrogen (secondary N) is 1. The topological polar surface area (TPSA) is 58.9 Å². The lowest BCUT2D eigenvalue weighted by Crippen LogP contribution is -1.82. The molecule has 6 heteroatoms. The minimum absolute atomic E-state index is 0.0131. The van der Waals surface area contributed by atoms with Crippen molar-refractivity contribution in [2.24, 2.45) is 0 Å². The molecule has 0 radical (unpaired) electrons. The van der Waals surface area contributed by atoms with E-state index in [2.05, 4.69) is 4.98 Å². The molecule has 4 nitrogen and oxygen atoms in total. The lowest BCUT2D eigenvalue weighted by molar-refractivity contribution is -0.400. The molecule has 1 N–H and O–H groups in total. The Labute approximate surface area is 94.5 Å². The monoisotopic (exact) mass is 240 g/mol. The first-order valence-corrected chi connectivity index (χ1v) is 4.73. The molecule has 16 heavy (non-hydrogen) atoms. The van der Waals surface area contributed by atoms with Gasteiger partial charge in [-0.05, 0) is 12.1 Å². The summed E-state index contributed by atoms with van der Waals surface area (Å²) in [5.74, 6) is -0.551. The quantitative estimate of drug-likeness (QED) is 0.647. The second kappa shape index (κ2) is 3.94. The van der Waals surface area contributed by atoms with E-state index in [1.54, 1.807) is 6.20 Å². The molecule has 2 rings (SSSR count). The van der Waals surface area contributed by atoms with E-state index in [0.29, 0.717) is 16.5 Å². The summed E-state index contributed by atoms with van der Waals surface area (Å²) < 4.78 is 13.2. The third kappa shape index (κ3) is 1.90. The van der Waals surface area contributed by atoms with E-state index < -0.39 is 10.7 Å². The number of aromatic nitrogens is 1. The normalized spacial score (nSPS) is 11.4. The average Bonchev–Trinajstić information content (AvgIpc) is 2.58. The van der Waals surface area contributed by atoms with Crippen molar-refractivity contribution < 1.29 is 9.31 Å². The standard InChI is InChI=1S/C10H6ClFN2O2/c11-8-4-10-7(3-9(8)12)6(5-13-10)1-2-14(15)16/h1-5,13H/b2-1+. The summed E-state index contributed by atoms with van der Waals surface area (Å²) in [6, 6.07) is 2.68. The molecule has 0 saturated carbocycles. The summed E-state index contributed by atoms with van der Waals surface area (Å²) in [6.45, 7) is 0. The smallest absolute Gasteiger partial charge is 0.235 e. The van der Waals surface area contributed by atoms with Gasteiger partial charge in [-0.2, -0.15) is 0 Å². The van der Waals surface area contributed by atoms with Crippen LogP contribution >= 0.6 is 11.6 Å². The van der Waals surface area contributed by atoms with Crippen LogP contribution < -0.4 is 0 Å². The van der Waals surface area contributed by atoms with Crippen LogP contribution in [0, 0.1) is 15.9 Å². The van der Waals surface area contributed by atoms with E-state index in [9.17, 15) is 14.5 Å². The molecule has 1 aromatic heterocycles. The van der Waals surface area contributed by atoms with Gasteiger partial charge in [-0.3, -0.25) is 10.1 Å². The SMILES string of the molecule is O=[N+]([O-])/C=C/c1c[nH]c2cc(Cl)c(F)cc12. The molecule has 2 aromatic rings. The van der Waals surface area contributed by atoms with Gasteiger partial charge in [0.15, 0.2) is 0 Å². The molecule has 82 valence electrons. The first-order valence-electron chi connectivity index (χ1n) is 4.36. The van der Waals surface area contributed by atoms with Gasteiger partial charge in [-0.15, -0.1) is 0 Å². The number of hydrogen-bond acceptors (Lipinski definition) is 2. The largest absolute Gasteiger partial charge is 0.361 e. The highest BCUT2D eigenvalue weighted by Crippen LogP contribution is 2.25. The van der Waals surface area contributed by atoms with Crippen LogP contribution in [0.3, 0.4) is 0 Å². The number of H-pyrrole nitrogens is 1. The van der Waals surface area contributed by atoms with Gasteiger partial charge in [0.1, 0.15) is 5.82 Å². The molecule has 1 heterocycles. The molecule has 0 amide bonds. The molecule has 0 unspecified atom stereocenters.